The van der Waals surface area contributed by atoms with Crippen LogP contribution in [0.15, 0.2) is 34.1 Å². The zero-order valence-electron chi connectivity index (χ0n) is 11.2. The van der Waals surface area contributed by atoms with Crippen LogP contribution in [0.5, 0.6) is 0 Å². The number of ketones is 1. The van der Waals surface area contributed by atoms with Gasteiger partial charge in [0.2, 0.25) is 0 Å². The summed E-state index contributed by atoms with van der Waals surface area (Å²) < 4.78 is 5.23. The maximum absolute atomic E-state index is 12.8. The Labute approximate surface area is 125 Å². The molecule has 0 saturated heterocycles. The number of amidine groups is 1. The zero-order chi connectivity index (χ0) is 14.4. The number of hydrogen-bond donors (Lipinski definition) is 1. The summed E-state index contributed by atoms with van der Waals surface area (Å²) in [6, 6.07) is 5.88. The molecule has 0 saturated carbocycles. The molecule has 5 nitrogen and oxygen atoms in total. The fourth-order valence-corrected chi connectivity index (χ4v) is 3.62. The van der Waals surface area contributed by atoms with Gasteiger partial charge in [0, 0.05) is 16.5 Å². The van der Waals surface area contributed by atoms with Crippen LogP contribution in [0.3, 0.4) is 0 Å². The summed E-state index contributed by atoms with van der Waals surface area (Å²) in [5, 5.41) is 2.00. The summed E-state index contributed by atoms with van der Waals surface area (Å²) in [6.45, 7) is 0.248. The fourth-order valence-electron chi connectivity index (χ4n) is 3.06. The number of aliphatic imine (C=N–C) groups is 1. The van der Waals surface area contributed by atoms with Crippen molar-refractivity contribution < 1.29 is 9.53 Å². The Bertz CT molecular complexity index is 754. The molecule has 0 amide bonds. The van der Waals surface area contributed by atoms with Crippen molar-refractivity contribution in [3.8, 4) is 11.3 Å². The van der Waals surface area contributed by atoms with Gasteiger partial charge < -0.3 is 10.5 Å². The Kier molecular flexibility index (Phi) is 2.62. The summed E-state index contributed by atoms with van der Waals surface area (Å²) >= 11 is 1.55. The number of nitrogens with zero attached hydrogens (tertiary/aromatic N) is 2. The minimum Gasteiger partial charge on any atom is -0.462 e. The van der Waals surface area contributed by atoms with E-state index in [1.165, 1.54) is 0 Å². The Balaban J connectivity index is 1.84. The van der Waals surface area contributed by atoms with Crippen molar-refractivity contribution in [2.45, 2.75) is 18.4 Å². The van der Waals surface area contributed by atoms with Gasteiger partial charge in [-0.1, -0.05) is 18.2 Å². The third-order valence-corrected chi connectivity index (χ3v) is 4.71. The van der Waals surface area contributed by atoms with E-state index >= 15 is 0 Å². The number of hydrogen-bond acceptors (Lipinski definition) is 6. The van der Waals surface area contributed by atoms with Crippen molar-refractivity contribution in [3.05, 3.63) is 40.2 Å². The molecule has 2 aliphatic rings. The van der Waals surface area contributed by atoms with Crippen LogP contribution >= 0.6 is 11.3 Å². The van der Waals surface area contributed by atoms with Crippen molar-refractivity contribution >= 4 is 23.1 Å². The van der Waals surface area contributed by atoms with Crippen LogP contribution in [0, 0.1) is 0 Å². The Hall–Kier alpha value is -2.21. The fraction of sp³-hybridized carbons (Fsp3) is 0.267. The smallest absolute Gasteiger partial charge is 0.283 e. The summed E-state index contributed by atoms with van der Waals surface area (Å²) in [4.78, 5) is 21.5. The first-order valence-corrected chi connectivity index (χ1v) is 7.67. The maximum Gasteiger partial charge on any atom is 0.283 e. The second-order valence-electron chi connectivity index (χ2n) is 5.30. The number of ether oxygens (including phenoxy) is 1. The summed E-state index contributed by atoms with van der Waals surface area (Å²) in [5.74, 6) is 0.00118. The van der Waals surface area contributed by atoms with Gasteiger partial charge in [0.05, 0.1) is 11.2 Å². The highest BCUT2D eigenvalue weighted by molar-refractivity contribution is 7.07. The number of aromatic nitrogens is 1. The lowest BCUT2D eigenvalue weighted by Gasteiger charge is -2.29. The SMILES string of the molecule is NC1=NC2(CCc3c(cccc3-c3cscn3)C2=O)CO1. The minimum absolute atomic E-state index is 0.00118. The van der Waals surface area contributed by atoms with Gasteiger partial charge >= 0.3 is 0 Å². The molecule has 1 aromatic heterocycles. The molecule has 1 aliphatic heterocycles. The van der Waals surface area contributed by atoms with Crippen molar-refractivity contribution in [2.24, 2.45) is 10.7 Å². The second kappa shape index (κ2) is 4.39. The summed E-state index contributed by atoms with van der Waals surface area (Å²) in [5.41, 5.74) is 10.3. The molecule has 2 heterocycles. The van der Waals surface area contributed by atoms with Crippen LogP contribution in [-0.4, -0.2) is 28.9 Å². The first-order valence-electron chi connectivity index (χ1n) is 6.73. The normalized spacial score (nSPS) is 23.8. The van der Waals surface area contributed by atoms with E-state index in [4.69, 9.17) is 10.5 Å². The van der Waals surface area contributed by atoms with Gasteiger partial charge in [0.25, 0.3) is 6.02 Å². The lowest BCUT2D eigenvalue weighted by atomic mass is 9.76. The van der Waals surface area contributed by atoms with Gasteiger partial charge in [-0.2, -0.15) is 0 Å². The molecule has 1 spiro atoms. The molecule has 2 N–H and O–H groups in total. The van der Waals surface area contributed by atoms with Crippen LogP contribution in [0.25, 0.3) is 11.3 Å². The third kappa shape index (κ3) is 1.79. The molecule has 0 bridgehead atoms. The molecule has 106 valence electrons. The second-order valence-corrected chi connectivity index (χ2v) is 6.02. The Morgan fingerprint density at radius 1 is 1.33 bits per heavy atom. The molecule has 0 fully saturated rings. The van der Waals surface area contributed by atoms with Crippen molar-refractivity contribution in [1.82, 2.24) is 4.98 Å². The molecule has 6 heteroatoms. The maximum atomic E-state index is 12.8. The van der Waals surface area contributed by atoms with Crippen LogP contribution in [0.4, 0.5) is 0 Å². The number of rotatable bonds is 1. The molecule has 1 unspecified atom stereocenters. The molecular weight excluding hydrogens is 286 g/mol. The number of Topliss-reactive ketones (excluding diaryl/α,β-unsaturated/α-hetero) is 1. The molecule has 1 aliphatic carbocycles. The summed E-state index contributed by atoms with van der Waals surface area (Å²) in [7, 11) is 0. The monoisotopic (exact) mass is 299 g/mol. The van der Waals surface area contributed by atoms with Gasteiger partial charge in [-0.3, -0.25) is 4.79 Å². The van der Waals surface area contributed by atoms with E-state index in [0.29, 0.717) is 12.0 Å². The summed E-state index contributed by atoms with van der Waals surface area (Å²) in [6.07, 6.45) is 1.40. The van der Waals surface area contributed by atoms with Gasteiger partial charge in [-0.05, 0) is 18.4 Å². The predicted molar refractivity (Wildman–Crippen MR) is 80.5 cm³/mol. The van der Waals surface area contributed by atoms with Crippen LogP contribution in [-0.2, 0) is 11.2 Å². The number of carbonyl (C=O) groups is 1. The van der Waals surface area contributed by atoms with Gasteiger partial charge in [-0.15, -0.1) is 11.3 Å². The zero-order valence-corrected chi connectivity index (χ0v) is 12.0. The largest absolute Gasteiger partial charge is 0.462 e. The molecular formula is C15H13N3O2S. The third-order valence-electron chi connectivity index (χ3n) is 4.12. The minimum atomic E-state index is -0.822. The van der Waals surface area contributed by atoms with E-state index in [9.17, 15) is 4.79 Å². The molecule has 1 aromatic carbocycles. The topological polar surface area (TPSA) is 77.6 Å². The first kappa shape index (κ1) is 12.5. The molecule has 0 radical (unpaired) electrons. The van der Waals surface area contributed by atoms with E-state index in [2.05, 4.69) is 9.98 Å². The lowest BCUT2D eigenvalue weighted by Crippen LogP contribution is -2.42. The quantitative estimate of drug-likeness (QED) is 0.874. The average molecular weight is 299 g/mol. The van der Waals surface area contributed by atoms with E-state index in [0.717, 1.165) is 23.2 Å². The van der Waals surface area contributed by atoms with Crippen molar-refractivity contribution in [3.63, 3.8) is 0 Å². The Morgan fingerprint density at radius 3 is 2.90 bits per heavy atom. The van der Waals surface area contributed by atoms with Crippen molar-refractivity contribution in [1.29, 1.82) is 0 Å². The van der Waals surface area contributed by atoms with E-state index < -0.39 is 5.54 Å². The van der Waals surface area contributed by atoms with E-state index in [-0.39, 0.29) is 18.4 Å². The number of fused-ring (bicyclic) bond motifs is 1. The number of carbonyl (C=O) groups excluding carboxylic acids is 1. The first-order chi connectivity index (χ1) is 10.2. The Morgan fingerprint density at radius 2 is 2.19 bits per heavy atom. The standard InChI is InChI=1S/C15H13N3O2S/c16-14-18-15(7-20-14)5-4-9-10(12-6-21-8-17-12)2-1-3-11(9)13(15)19/h1-3,6,8H,4-5,7H2,(H2,16,18). The number of benzene rings is 1. The lowest BCUT2D eigenvalue weighted by molar-refractivity contribution is 0.0835. The van der Waals surface area contributed by atoms with E-state index in [1.807, 2.05) is 23.6 Å². The van der Waals surface area contributed by atoms with Crippen LogP contribution < -0.4 is 5.73 Å². The molecule has 4 rings (SSSR count). The highest BCUT2D eigenvalue weighted by Crippen LogP contribution is 2.38. The van der Waals surface area contributed by atoms with E-state index in [1.54, 1.807) is 16.8 Å². The van der Waals surface area contributed by atoms with Crippen LogP contribution in [0.2, 0.25) is 0 Å². The van der Waals surface area contributed by atoms with Crippen LogP contribution in [0.1, 0.15) is 22.3 Å². The van der Waals surface area contributed by atoms with Gasteiger partial charge in [-0.25, -0.2) is 9.98 Å². The molecule has 1 atom stereocenters. The van der Waals surface area contributed by atoms with Crippen molar-refractivity contribution in [2.75, 3.05) is 6.61 Å². The highest BCUT2D eigenvalue weighted by atomic mass is 32.1. The van der Waals surface area contributed by atoms with Gasteiger partial charge in [0.15, 0.2) is 11.3 Å². The number of thiazole rings is 1. The van der Waals surface area contributed by atoms with Gasteiger partial charge in [0.1, 0.15) is 6.61 Å². The number of nitrogens with two attached hydrogens (primary N) is 1. The predicted octanol–water partition coefficient (Wildman–Crippen LogP) is 2.02. The molecule has 21 heavy (non-hydrogen) atoms. The highest BCUT2D eigenvalue weighted by Gasteiger charge is 2.47. The molecule has 2 aromatic rings. The average Bonchev–Trinajstić information content (AvgIpc) is 3.13.